The van der Waals surface area contributed by atoms with E-state index >= 15 is 0 Å². The molecule has 194 valence electrons. The van der Waals surface area contributed by atoms with E-state index in [0.717, 1.165) is 25.2 Å². The number of amides is 1. The highest BCUT2D eigenvalue weighted by molar-refractivity contribution is 6.38. The normalized spacial score (nSPS) is 15.7. The Balaban J connectivity index is 1.64. The smallest absolute Gasteiger partial charge is 0.336 e. The van der Waals surface area contributed by atoms with E-state index in [-0.39, 0.29) is 22.9 Å². The fourth-order valence-corrected chi connectivity index (χ4v) is 5.25. The van der Waals surface area contributed by atoms with Crippen molar-refractivity contribution >= 4 is 40.1 Å². The first-order valence-electron chi connectivity index (χ1n) is 11.7. The van der Waals surface area contributed by atoms with E-state index in [0.29, 0.717) is 51.7 Å². The van der Waals surface area contributed by atoms with Crippen LogP contribution in [0, 0.1) is 6.92 Å². The number of fused-ring (bicyclic) bond motifs is 1. The Kier molecular flexibility index (Phi) is 7.09. The van der Waals surface area contributed by atoms with Crippen molar-refractivity contribution in [3.05, 3.63) is 62.4 Å². The van der Waals surface area contributed by atoms with Crippen LogP contribution in [0.5, 0.6) is 0 Å². The Morgan fingerprint density at radius 2 is 1.69 bits per heavy atom. The topological polar surface area (TPSA) is 41.4 Å². The summed E-state index contributed by atoms with van der Waals surface area (Å²) in [5, 5.41) is 0.611. The molecular formula is C26H29Cl2F3N4O. The molecule has 0 aliphatic carbocycles. The standard InChI is InChI=1S/C26H29Cl2F3N4O/c1-15-12-16(26(29,30)31)13-20-23(15)32-21(33(20)5)14-18-19(27)7-6-17(22(18)28)24(36)34-8-10-35(11-9-34)25(2,3)4/h6-7,12-13H,8-11,14H2,1-5H3. The number of imidazole rings is 1. The SMILES string of the molecule is Cc1cc(C(F)(F)F)cc2c1nc(Cc1c(Cl)ccc(C(=O)N3CCN(C(C)(C)C)CC3)c1Cl)n2C. The van der Waals surface area contributed by atoms with Crippen molar-refractivity contribution in [3.63, 3.8) is 0 Å². The molecule has 36 heavy (non-hydrogen) atoms. The summed E-state index contributed by atoms with van der Waals surface area (Å²) in [5.74, 6) is 0.335. The summed E-state index contributed by atoms with van der Waals surface area (Å²) >= 11 is 13.2. The van der Waals surface area contributed by atoms with Crippen molar-refractivity contribution in [3.8, 4) is 0 Å². The second-order valence-corrected chi connectivity index (χ2v) is 11.0. The molecule has 0 unspecified atom stereocenters. The fourth-order valence-electron chi connectivity index (χ4n) is 4.66. The van der Waals surface area contributed by atoms with E-state index in [1.165, 1.54) is 0 Å². The lowest BCUT2D eigenvalue weighted by Gasteiger charge is -2.42. The fraction of sp³-hybridized carbons (Fsp3) is 0.462. The van der Waals surface area contributed by atoms with Crippen molar-refractivity contribution in [1.29, 1.82) is 0 Å². The first kappa shape index (κ1) is 26.8. The minimum atomic E-state index is -4.46. The number of hydrogen-bond acceptors (Lipinski definition) is 3. The van der Waals surface area contributed by atoms with Crippen LogP contribution >= 0.6 is 23.2 Å². The molecular weight excluding hydrogens is 512 g/mol. The molecule has 1 aromatic heterocycles. The highest BCUT2D eigenvalue weighted by Gasteiger charge is 2.32. The summed E-state index contributed by atoms with van der Waals surface area (Å²) in [6, 6.07) is 5.45. The van der Waals surface area contributed by atoms with Gasteiger partial charge in [0.1, 0.15) is 5.82 Å². The number of carbonyl (C=O) groups is 1. The molecule has 0 N–H and O–H groups in total. The van der Waals surface area contributed by atoms with Gasteiger partial charge in [0, 0.05) is 50.2 Å². The van der Waals surface area contributed by atoms with Crippen LogP contribution in [0.2, 0.25) is 10.0 Å². The zero-order valence-electron chi connectivity index (χ0n) is 20.9. The average Bonchev–Trinajstić information content (AvgIpc) is 3.11. The maximum absolute atomic E-state index is 13.3. The van der Waals surface area contributed by atoms with Gasteiger partial charge in [0.25, 0.3) is 5.91 Å². The van der Waals surface area contributed by atoms with Crippen molar-refractivity contribution in [1.82, 2.24) is 19.4 Å². The van der Waals surface area contributed by atoms with E-state index in [1.54, 1.807) is 35.6 Å². The van der Waals surface area contributed by atoms with Crippen molar-refractivity contribution in [2.75, 3.05) is 26.2 Å². The van der Waals surface area contributed by atoms with Crippen LogP contribution in [0.4, 0.5) is 13.2 Å². The zero-order valence-corrected chi connectivity index (χ0v) is 22.4. The summed E-state index contributed by atoms with van der Waals surface area (Å²) in [4.78, 5) is 22.0. The number of halogens is 5. The predicted octanol–water partition coefficient (Wildman–Crippen LogP) is 6.35. The number of benzene rings is 2. The third-order valence-electron chi connectivity index (χ3n) is 6.86. The van der Waals surface area contributed by atoms with E-state index < -0.39 is 11.7 Å². The lowest BCUT2D eigenvalue weighted by molar-refractivity contribution is -0.137. The average molecular weight is 541 g/mol. The van der Waals surface area contributed by atoms with Gasteiger partial charge in [-0.1, -0.05) is 23.2 Å². The summed E-state index contributed by atoms with van der Waals surface area (Å²) in [6.07, 6.45) is -4.29. The van der Waals surface area contributed by atoms with Gasteiger partial charge in [0.05, 0.1) is 27.2 Å². The second kappa shape index (κ2) is 9.54. The Bertz CT molecular complexity index is 1320. The molecule has 2 heterocycles. The largest absolute Gasteiger partial charge is 0.416 e. The molecule has 1 fully saturated rings. The molecule has 0 saturated carbocycles. The van der Waals surface area contributed by atoms with Crippen LogP contribution in [-0.2, 0) is 19.6 Å². The lowest BCUT2D eigenvalue weighted by atomic mass is 10.0. The summed E-state index contributed by atoms with van der Waals surface area (Å²) < 4.78 is 41.6. The van der Waals surface area contributed by atoms with E-state index in [9.17, 15) is 18.0 Å². The Labute approximate surface area is 218 Å². The number of carbonyl (C=O) groups excluding carboxylic acids is 1. The van der Waals surface area contributed by atoms with E-state index in [1.807, 2.05) is 0 Å². The molecule has 10 heteroatoms. The van der Waals surface area contributed by atoms with E-state index in [4.69, 9.17) is 23.2 Å². The van der Waals surface area contributed by atoms with Gasteiger partial charge in [0.15, 0.2) is 0 Å². The zero-order chi connectivity index (χ0) is 26.6. The highest BCUT2D eigenvalue weighted by atomic mass is 35.5. The maximum atomic E-state index is 13.3. The first-order chi connectivity index (χ1) is 16.7. The van der Waals surface area contributed by atoms with Crippen LogP contribution in [0.1, 0.15) is 53.6 Å². The lowest BCUT2D eigenvalue weighted by Crippen LogP contribution is -2.54. The number of aryl methyl sites for hydroxylation is 2. The van der Waals surface area contributed by atoms with E-state index in [2.05, 4.69) is 30.7 Å². The predicted molar refractivity (Wildman–Crippen MR) is 137 cm³/mol. The van der Waals surface area contributed by atoms with Crippen LogP contribution < -0.4 is 0 Å². The quantitative estimate of drug-likeness (QED) is 0.388. The van der Waals surface area contributed by atoms with Crippen LogP contribution in [0.15, 0.2) is 24.3 Å². The van der Waals surface area contributed by atoms with Crippen molar-refractivity contribution in [2.45, 2.75) is 45.8 Å². The Hall–Kier alpha value is -2.29. The van der Waals surface area contributed by atoms with Crippen molar-refractivity contribution < 1.29 is 18.0 Å². The minimum Gasteiger partial charge on any atom is -0.336 e. The second-order valence-electron chi connectivity index (χ2n) is 10.3. The summed E-state index contributed by atoms with van der Waals surface area (Å²) in [6.45, 7) is 10.8. The monoisotopic (exact) mass is 540 g/mol. The summed E-state index contributed by atoms with van der Waals surface area (Å²) in [7, 11) is 1.66. The van der Waals surface area contributed by atoms with Crippen LogP contribution in [-0.4, -0.2) is 57.0 Å². The van der Waals surface area contributed by atoms with Gasteiger partial charge in [-0.25, -0.2) is 4.98 Å². The van der Waals surface area contributed by atoms with Gasteiger partial charge in [-0.05, 0) is 63.1 Å². The number of rotatable bonds is 3. The highest BCUT2D eigenvalue weighted by Crippen LogP contribution is 2.35. The molecule has 4 rings (SSSR count). The van der Waals surface area contributed by atoms with Crippen molar-refractivity contribution in [2.24, 2.45) is 7.05 Å². The number of alkyl halides is 3. The maximum Gasteiger partial charge on any atom is 0.416 e. The summed E-state index contributed by atoms with van der Waals surface area (Å²) in [5.41, 5.74) is 1.46. The van der Waals surface area contributed by atoms with Gasteiger partial charge < -0.3 is 9.47 Å². The van der Waals surface area contributed by atoms with Crippen LogP contribution in [0.3, 0.4) is 0 Å². The van der Waals surface area contributed by atoms with Crippen LogP contribution in [0.25, 0.3) is 11.0 Å². The number of nitrogens with zero attached hydrogens (tertiary/aromatic N) is 4. The Morgan fingerprint density at radius 1 is 1.06 bits per heavy atom. The first-order valence-corrected chi connectivity index (χ1v) is 12.5. The minimum absolute atomic E-state index is 0.0328. The third-order valence-corrected chi connectivity index (χ3v) is 7.65. The van der Waals surface area contributed by atoms with Gasteiger partial charge in [-0.15, -0.1) is 0 Å². The Morgan fingerprint density at radius 3 is 2.28 bits per heavy atom. The van der Waals surface area contributed by atoms with Gasteiger partial charge in [-0.2, -0.15) is 13.2 Å². The molecule has 0 bridgehead atoms. The molecule has 0 radical (unpaired) electrons. The number of piperazine rings is 1. The molecule has 1 saturated heterocycles. The molecule has 1 aliphatic rings. The molecule has 3 aromatic rings. The molecule has 5 nitrogen and oxygen atoms in total. The molecule has 2 aromatic carbocycles. The molecule has 0 spiro atoms. The molecule has 0 atom stereocenters. The van der Waals surface area contributed by atoms with Gasteiger partial charge in [-0.3, -0.25) is 9.69 Å². The third kappa shape index (κ3) is 5.08. The number of aromatic nitrogens is 2. The van der Waals surface area contributed by atoms with Gasteiger partial charge in [0.2, 0.25) is 0 Å². The molecule has 1 aliphatic heterocycles. The molecule has 1 amide bonds. The number of hydrogen-bond donors (Lipinski definition) is 0. The van der Waals surface area contributed by atoms with Gasteiger partial charge >= 0.3 is 6.18 Å².